The topological polar surface area (TPSA) is 46.6 Å². The van der Waals surface area contributed by atoms with Crippen molar-refractivity contribution in [2.45, 2.75) is 57.5 Å². The van der Waals surface area contributed by atoms with Crippen LogP contribution in [-0.4, -0.2) is 36.0 Å². The summed E-state index contributed by atoms with van der Waals surface area (Å²) >= 11 is 6.06. The zero-order valence-electron chi connectivity index (χ0n) is 14.9. The van der Waals surface area contributed by atoms with Crippen LogP contribution in [0.3, 0.4) is 0 Å². The summed E-state index contributed by atoms with van der Waals surface area (Å²) in [6.07, 6.45) is 2.62. The van der Waals surface area contributed by atoms with Gasteiger partial charge in [-0.25, -0.2) is 0 Å². The van der Waals surface area contributed by atoms with Crippen LogP contribution in [0.1, 0.15) is 52.0 Å². The van der Waals surface area contributed by atoms with E-state index in [0.29, 0.717) is 24.4 Å². The molecular formula is C19H26ClNO3. The molecule has 0 unspecified atom stereocenters. The van der Waals surface area contributed by atoms with Gasteiger partial charge in [0.15, 0.2) is 0 Å². The normalized spacial score (nSPS) is 15.7. The van der Waals surface area contributed by atoms with E-state index >= 15 is 0 Å². The van der Waals surface area contributed by atoms with E-state index < -0.39 is 11.0 Å². The Hall–Kier alpha value is -1.55. The molecule has 0 saturated heterocycles. The summed E-state index contributed by atoms with van der Waals surface area (Å²) in [5, 5.41) is 0.652. The largest absolute Gasteiger partial charge is 0.460 e. The second-order valence-electron chi connectivity index (χ2n) is 7.51. The van der Waals surface area contributed by atoms with Crippen LogP contribution in [0, 0.1) is 0 Å². The average Bonchev–Trinajstić information content (AvgIpc) is 3.26. The number of carbonyl (C=O) groups is 2. The molecule has 1 aliphatic carbocycles. The maximum atomic E-state index is 12.8. The van der Waals surface area contributed by atoms with E-state index in [9.17, 15) is 9.59 Å². The van der Waals surface area contributed by atoms with E-state index in [1.54, 1.807) is 11.9 Å². The summed E-state index contributed by atoms with van der Waals surface area (Å²) in [6.45, 7) is 6.09. The Morgan fingerprint density at radius 2 is 1.96 bits per heavy atom. The second-order valence-corrected chi connectivity index (χ2v) is 7.95. The summed E-state index contributed by atoms with van der Waals surface area (Å²) in [4.78, 5) is 26.3. The van der Waals surface area contributed by atoms with Gasteiger partial charge in [-0.2, -0.15) is 0 Å². The highest BCUT2D eigenvalue weighted by Gasteiger charge is 2.52. The van der Waals surface area contributed by atoms with Crippen molar-refractivity contribution in [2.75, 3.05) is 13.6 Å². The molecule has 1 saturated carbocycles. The molecule has 1 aliphatic rings. The lowest BCUT2D eigenvalue weighted by molar-refractivity contribution is -0.155. The number of esters is 1. The zero-order chi connectivity index (χ0) is 18.0. The van der Waals surface area contributed by atoms with E-state index in [0.717, 1.165) is 18.4 Å². The van der Waals surface area contributed by atoms with Gasteiger partial charge in [0.2, 0.25) is 5.91 Å². The van der Waals surface area contributed by atoms with Crippen molar-refractivity contribution in [3.8, 4) is 0 Å². The molecule has 1 aromatic rings. The predicted octanol–water partition coefficient (Wildman–Crippen LogP) is 3.95. The van der Waals surface area contributed by atoms with Gasteiger partial charge in [0.25, 0.3) is 0 Å². The Morgan fingerprint density at radius 1 is 1.29 bits per heavy atom. The molecule has 132 valence electrons. The van der Waals surface area contributed by atoms with Crippen LogP contribution in [0.4, 0.5) is 0 Å². The van der Waals surface area contributed by atoms with Crippen LogP contribution >= 0.6 is 11.6 Å². The minimum Gasteiger partial charge on any atom is -0.460 e. The van der Waals surface area contributed by atoms with Crippen LogP contribution in [0.25, 0.3) is 0 Å². The fourth-order valence-electron chi connectivity index (χ4n) is 2.86. The maximum absolute atomic E-state index is 12.8. The number of nitrogens with zero attached hydrogens (tertiary/aromatic N) is 1. The first-order valence-corrected chi connectivity index (χ1v) is 8.75. The van der Waals surface area contributed by atoms with Gasteiger partial charge < -0.3 is 9.64 Å². The van der Waals surface area contributed by atoms with Crippen LogP contribution in [0.15, 0.2) is 24.3 Å². The molecule has 1 amide bonds. The predicted molar refractivity (Wildman–Crippen MR) is 95.1 cm³/mol. The highest BCUT2D eigenvalue weighted by Crippen LogP contribution is 2.49. The van der Waals surface area contributed by atoms with E-state index in [4.69, 9.17) is 16.3 Å². The first-order chi connectivity index (χ1) is 11.1. The molecule has 0 spiro atoms. The van der Waals surface area contributed by atoms with Crippen molar-refractivity contribution >= 4 is 23.5 Å². The van der Waals surface area contributed by atoms with E-state index in [1.807, 2.05) is 45.0 Å². The Bertz CT molecular complexity index is 617. The Labute approximate surface area is 149 Å². The van der Waals surface area contributed by atoms with Gasteiger partial charge in [0, 0.05) is 25.0 Å². The van der Waals surface area contributed by atoms with Crippen molar-refractivity contribution in [1.82, 2.24) is 4.90 Å². The summed E-state index contributed by atoms with van der Waals surface area (Å²) in [7, 11) is 1.79. The molecule has 5 heteroatoms. The number of amides is 1. The Balaban J connectivity index is 1.88. The minimum absolute atomic E-state index is 0.106. The molecule has 1 aromatic carbocycles. The van der Waals surface area contributed by atoms with E-state index in [-0.39, 0.29) is 11.9 Å². The molecule has 0 aromatic heterocycles. The summed E-state index contributed by atoms with van der Waals surface area (Å²) in [5.74, 6) is -0.117. The van der Waals surface area contributed by atoms with Crippen molar-refractivity contribution in [1.29, 1.82) is 0 Å². The third-order valence-electron chi connectivity index (χ3n) is 4.18. The number of likely N-dealkylation sites (N-methyl/N-ethyl adjacent to an activating group) is 1. The number of carbonyl (C=O) groups excluding carboxylic acids is 2. The number of halogens is 1. The summed E-state index contributed by atoms with van der Waals surface area (Å²) in [6, 6.07) is 7.54. The Kier molecular flexibility index (Phi) is 5.59. The first-order valence-electron chi connectivity index (χ1n) is 8.37. The van der Waals surface area contributed by atoms with Crippen molar-refractivity contribution in [3.63, 3.8) is 0 Å². The number of hydrogen-bond acceptors (Lipinski definition) is 3. The lowest BCUT2D eigenvalue weighted by atomic mass is 9.94. The van der Waals surface area contributed by atoms with Gasteiger partial charge in [-0.3, -0.25) is 9.59 Å². The smallest absolute Gasteiger partial charge is 0.306 e. The molecule has 0 atom stereocenters. The number of rotatable bonds is 6. The monoisotopic (exact) mass is 351 g/mol. The van der Waals surface area contributed by atoms with E-state index in [2.05, 4.69) is 0 Å². The SMILES string of the molecule is CN(CCCC(=O)OC(C)(C)C)C(=O)C1(c2cccc(Cl)c2)CC1. The lowest BCUT2D eigenvalue weighted by Crippen LogP contribution is -2.37. The number of hydrogen-bond donors (Lipinski definition) is 0. The van der Waals surface area contributed by atoms with Gasteiger partial charge in [0.05, 0.1) is 5.41 Å². The summed E-state index contributed by atoms with van der Waals surface area (Å²) < 4.78 is 5.29. The lowest BCUT2D eigenvalue weighted by Gasteiger charge is -2.24. The van der Waals surface area contributed by atoms with Crippen molar-refractivity contribution in [2.24, 2.45) is 0 Å². The fraction of sp³-hybridized carbons (Fsp3) is 0.579. The highest BCUT2D eigenvalue weighted by molar-refractivity contribution is 6.30. The molecule has 0 radical (unpaired) electrons. The third kappa shape index (κ3) is 4.73. The quantitative estimate of drug-likeness (QED) is 0.729. The summed E-state index contributed by atoms with van der Waals surface area (Å²) in [5.41, 5.74) is 0.0914. The molecule has 1 fully saturated rings. The molecule has 0 heterocycles. The number of benzene rings is 1. The second kappa shape index (κ2) is 7.14. The zero-order valence-corrected chi connectivity index (χ0v) is 15.7. The molecule has 0 bridgehead atoms. The van der Waals surface area contributed by atoms with Crippen LogP contribution in [0.5, 0.6) is 0 Å². The molecule has 0 N–H and O–H groups in total. The van der Waals surface area contributed by atoms with Crippen molar-refractivity contribution < 1.29 is 14.3 Å². The van der Waals surface area contributed by atoms with E-state index in [1.165, 1.54) is 0 Å². The average molecular weight is 352 g/mol. The van der Waals surface area contributed by atoms with Crippen molar-refractivity contribution in [3.05, 3.63) is 34.9 Å². The van der Waals surface area contributed by atoms with Gasteiger partial charge in [-0.05, 0) is 57.7 Å². The van der Waals surface area contributed by atoms with Crippen LogP contribution in [-0.2, 0) is 19.7 Å². The molecule has 24 heavy (non-hydrogen) atoms. The van der Waals surface area contributed by atoms with Gasteiger partial charge in [0.1, 0.15) is 5.60 Å². The first kappa shape index (κ1) is 18.8. The third-order valence-corrected chi connectivity index (χ3v) is 4.41. The molecule has 0 aliphatic heterocycles. The van der Waals surface area contributed by atoms with Crippen LogP contribution < -0.4 is 0 Å². The number of ether oxygens (including phenoxy) is 1. The molecule has 2 rings (SSSR count). The van der Waals surface area contributed by atoms with Gasteiger partial charge in [-0.15, -0.1) is 0 Å². The van der Waals surface area contributed by atoms with Crippen LogP contribution in [0.2, 0.25) is 5.02 Å². The standard InChI is InChI=1S/C19H26ClNO3/c1-18(2,3)24-16(22)9-6-12-21(4)17(23)19(10-11-19)14-7-5-8-15(20)13-14/h5,7-8,13H,6,9-12H2,1-4H3. The minimum atomic E-state index is -0.469. The molecule has 4 nitrogen and oxygen atoms in total. The Morgan fingerprint density at radius 3 is 2.50 bits per heavy atom. The molecular weight excluding hydrogens is 326 g/mol. The van der Waals surface area contributed by atoms with Gasteiger partial charge >= 0.3 is 5.97 Å². The maximum Gasteiger partial charge on any atom is 0.306 e. The fourth-order valence-corrected chi connectivity index (χ4v) is 3.05. The van der Waals surface area contributed by atoms with Gasteiger partial charge in [-0.1, -0.05) is 23.7 Å². The highest BCUT2D eigenvalue weighted by atomic mass is 35.5.